The smallest absolute Gasteiger partial charge is 0.422 e. The van der Waals surface area contributed by atoms with Gasteiger partial charge in [-0.3, -0.25) is 0 Å². The van der Waals surface area contributed by atoms with Gasteiger partial charge >= 0.3 is 7.12 Å². The molecule has 0 spiro atoms. The van der Waals surface area contributed by atoms with E-state index < -0.39 is 7.12 Å². The first-order valence-electron chi connectivity index (χ1n) is 3.71. The van der Waals surface area contributed by atoms with E-state index in [1.54, 1.807) is 16.7 Å². The molecular weight excluding hydrogens is 153 g/mol. The molecule has 0 aliphatic carbocycles. The van der Waals surface area contributed by atoms with Gasteiger partial charge in [-0.25, -0.2) is 0 Å². The van der Waals surface area contributed by atoms with Crippen LogP contribution in [0.3, 0.4) is 0 Å². The molecule has 2 rings (SSSR count). The maximum absolute atomic E-state index is 8.95. The summed E-state index contributed by atoms with van der Waals surface area (Å²) in [4.78, 5) is 0. The second kappa shape index (κ2) is 2.66. The Hall–Kier alpha value is -1.26. The van der Waals surface area contributed by atoms with Gasteiger partial charge < -0.3 is 14.4 Å². The Labute approximate surface area is 70.0 Å². The average molecular weight is 161 g/mol. The summed E-state index contributed by atoms with van der Waals surface area (Å²) in [7, 11) is -1.41. The van der Waals surface area contributed by atoms with Gasteiger partial charge in [-0.05, 0) is 24.3 Å². The van der Waals surface area contributed by atoms with Gasteiger partial charge in [0, 0.05) is 11.7 Å². The molecule has 0 bridgehead atoms. The van der Waals surface area contributed by atoms with Crippen LogP contribution in [0, 0.1) is 0 Å². The third-order valence-corrected chi connectivity index (χ3v) is 1.86. The minimum Gasteiger partial charge on any atom is -0.422 e. The van der Waals surface area contributed by atoms with E-state index in [1.165, 1.54) is 0 Å². The molecule has 0 radical (unpaired) electrons. The summed E-state index contributed by atoms with van der Waals surface area (Å²) < 4.78 is 1.74. The van der Waals surface area contributed by atoms with Crippen molar-refractivity contribution in [2.75, 3.05) is 0 Å². The van der Waals surface area contributed by atoms with E-state index in [9.17, 15) is 0 Å². The van der Waals surface area contributed by atoms with Crippen LogP contribution in [0.4, 0.5) is 0 Å². The van der Waals surface area contributed by atoms with E-state index in [2.05, 4.69) is 0 Å². The van der Waals surface area contributed by atoms with Crippen LogP contribution in [0.5, 0.6) is 0 Å². The lowest BCUT2D eigenvalue weighted by Crippen LogP contribution is -2.33. The van der Waals surface area contributed by atoms with Gasteiger partial charge in [-0.2, -0.15) is 0 Å². The van der Waals surface area contributed by atoms with Gasteiger partial charge in [-0.1, -0.05) is 6.07 Å². The van der Waals surface area contributed by atoms with E-state index in [-0.39, 0.29) is 0 Å². The monoisotopic (exact) mass is 161 g/mol. The molecule has 0 aromatic carbocycles. The largest absolute Gasteiger partial charge is 0.506 e. The van der Waals surface area contributed by atoms with E-state index in [4.69, 9.17) is 10.0 Å². The molecule has 0 saturated carbocycles. The van der Waals surface area contributed by atoms with E-state index >= 15 is 0 Å². The summed E-state index contributed by atoms with van der Waals surface area (Å²) in [6, 6.07) is 9.20. The molecule has 2 N–H and O–H groups in total. The molecule has 0 fully saturated rings. The number of fused-ring (bicyclic) bond motifs is 1. The van der Waals surface area contributed by atoms with Crippen LogP contribution in [0.15, 0.2) is 36.5 Å². The molecule has 0 aliphatic rings. The van der Waals surface area contributed by atoms with Gasteiger partial charge in [0.2, 0.25) is 0 Å². The maximum atomic E-state index is 8.95. The molecule has 12 heavy (non-hydrogen) atoms. The molecule has 2 aromatic heterocycles. The zero-order valence-corrected chi connectivity index (χ0v) is 6.38. The van der Waals surface area contributed by atoms with Crippen molar-refractivity contribution in [2.24, 2.45) is 0 Å². The molecule has 4 heteroatoms. The molecule has 0 atom stereocenters. The van der Waals surface area contributed by atoms with E-state index in [1.807, 2.05) is 24.3 Å². The fourth-order valence-electron chi connectivity index (χ4n) is 1.29. The Morgan fingerprint density at radius 3 is 2.67 bits per heavy atom. The number of nitrogens with zero attached hydrogens (tertiary/aromatic N) is 1. The van der Waals surface area contributed by atoms with Crippen molar-refractivity contribution >= 4 is 18.2 Å². The fourth-order valence-corrected chi connectivity index (χ4v) is 1.29. The minimum absolute atomic E-state index is 0.491. The highest BCUT2D eigenvalue weighted by molar-refractivity contribution is 6.57. The first-order valence-corrected chi connectivity index (χ1v) is 3.71. The van der Waals surface area contributed by atoms with Crippen LogP contribution < -0.4 is 5.59 Å². The summed E-state index contributed by atoms with van der Waals surface area (Å²) in [5.41, 5.74) is 1.45. The normalized spacial score (nSPS) is 10.5. The number of hydrogen-bond acceptors (Lipinski definition) is 2. The van der Waals surface area contributed by atoms with E-state index in [0.29, 0.717) is 5.59 Å². The summed E-state index contributed by atoms with van der Waals surface area (Å²) in [6.45, 7) is 0. The first kappa shape index (κ1) is 7.40. The molecule has 60 valence electrons. The van der Waals surface area contributed by atoms with Crippen molar-refractivity contribution in [2.45, 2.75) is 0 Å². The number of hydrogen-bond donors (Lipinski definition) is 2. The topological polar surface area (TPSA) is 44.9 Å². The summed E-state index contributed by atoms with van der Waals surface area (Å²) in [6.07, 6.45) is 1.80. The Morgan fingerprint density at radius 2 is 1.92 bits per heavy atom. The van der Waals surface area contributed by atoms with Crippen molar-refractivity contribution in [1.82, 2.24) is 4.40 Å². The lowest BCUT2D eigenvalue weighted by Gasteiger charge is -1.99. The Balaban J connectivity index is 2.70. The van der Waals surface area contributed by atoms with Gasteiger partial charge in [0.1, 0.15) is 0 Å². The minimum atomic E-state index is -1.41. The zero-order valence-electron chi connectivity index (χ0n) is 6.38. The Bertz CT molecular complexity index is 397. The highest BCUT2D eigenvalue weighted by Crippen LogP contribution is 2.01. The van der Waals surface area contributed by atoms with E-state index in [0.717, 1.165) is 5.52 Å². The van der Waals surface area contributed by atoms with Crippen molar-refractivity contribution in [3.05, 3.63) is 36.5 Å². The van der Waals surface area contributed by atoms with Crippen LogP contribution in [0.25, 0.3) is 5.52 Å². The number of aromatic nitrogens is 1. The van der Waals surface area contributed by atoms with Crippen LogP contribution in [-0.4, -0.2) is 21.6 Å². The van der Waals surface area contributed by atoms with Crippen LogP contribution >= 0.6 is 0 Å². The predicted octanol–water partition coefficient (Wildman–Crippen LogP) is -0.381. The highest BCUT2D eigenvalue weighted by atomic mass is 16.4. The second-order valence-electron chi connectivity index (χ2n) is 2.63. The van der Waals surface area contributed by atoms with Crippen molar-refractivity contribution in [3.8, 4) is 0 Å². The highest BCUT2D eigenvalue weighted by Gasteiger charge is 2.14. The molecule has 0 saturated heterocycles. The van der Waals surface area contributed by atoms with Crippen molar-refractivity contribution in [3.63, 3.8) is 0 Å². The Morgan fingerprint density at radius 1 is 1.08 bits per heavy atom. The summed E-state index contributed by atoms with van der Waals surface area (Å²) in [5, 5.41) is 17.9. The van der Waals surface area contributed by atoms with Crippen LogP contribution in [0.2, 0.25) is 0 Å². The van der Waals surface area contributed by atoms with Gasteiger partial charge in [-0.15, -0.1) is 0 Å². The van der Waals surface area contributed by atoms with Gasteiger partial charge in [0.25, 0.3) is 0 Å². The standard InChI is InChI=1S/C8H8BNO2/c11-9(12)8-5-4-7-3-1-2-6-10(7)8/h1-6,11-12H. The van der Waals surface area contributed by atoms with Crippen molar-refractivity contribution in [1.29, 1.82) is 0 Å². The van der Waals surface area contributed by atoms with Gasteiger partial charge in [0.05, 0.1) is 5.59 Å². The third-order valence-electron chi connectivity index (χ3n) is 1.86. The fraction of sp³-hybridized carbons (Fsp3) is 0. The molecule has 0 amide bonds. The summed E-state index contributed by atoms with van der Waals surface area (Å²) >= 11 is 0. The molecule has 2 heterocycles. The van der Waals surface area contributed by atoms with Gasteiger partial charge in [0.15, 0.2) is 0 Å². The van der Waals surface area contributed by atoms with Crippen molar-refractivity contribution < 1.29 is 10.0 Å². The van der Waals surface area contributed by atoms with Crippen LogP contribution in [0.1, 0.15) is 0 Å². The second-order valence-corrected chi connectivity index (χ2v) is 2.63. The first-order chi connectivity index (χ1) is 5.79. The predicted molar refractivity (Wildman–Crippen MR) is 47.2 cm³/mol. The van der Waals surface area contributed by atoms with Crippen LogP contribution in [-0.2, 0) is 0 Å². The number of rotatable bonds is 1. The SMILES string of the molecule is OB(O)c1ccc2ccccn12. The lowest BCUT2D eigenvalue weighted by atomic mass is 9.86. The zero-order chi connectivity index (χ0) is 8.55. The molecule has 0 aliphatic heterocycles. The average Bonchev–Trinajstić information content (AvgIpc) is 2.47. The Kier molecular flexibility index (Phi) is 1.64. The lowest BCUT2D eigenvalue weighted by molar-refractivity contribution is 0.424. The summed E-state index contributed by atoms with van der Waals surface area (Å²) in [5.74, 6) is 0. The molecule has 3 nitrogen and oxygen atoms in total. The number of pyridine rings is 1. The maximum Gasteiger partial charge on any atom is 0.506 e. The third kappa shape index (κ3) is 1.01. The molecule has 2 aromatic rings. The quantitative estimate of drug-likeness (QED) is 0.560. The molecular formula is C8H8BNO2. The molecule has 0 unspecified atom stereocenters.